The number of anilines is 1. The second kappa shape index (κ2) is 14.0. The number of fused-ring (bicyclic) bond motifs is 2. The number of aliphatic hydroxyl groups excluding tert-OH is 2. The largest absolute Gasteiger partial charge is 0.387 e. The second-order valence-corrected chi connectivity index (χ2v) is 12.6. The Morgan fingerprint density at radius 2 is 1.83 bits per heavy atom. The van der Waals surface area contributed by atoms with E-state index >= 15 is 0 Å². The van der Waals surface area contributed by atoms with Crippen LogP contribution in [0, 0.1) is 13.8 Å². The summed E-state index contributed by atoms with van der Waals surface area (Å²) in [5, 5.41) is 29.1. The Labute approximate surface area is 278 Å². The van der Waals surface area contributed by atoms with Gasteiger partial charge in [-0.2, -0.15) is 0 Å². The van der Waals surface area contributed by atoms with Gasteiger partial charge in [-0.1, -0.05) is 42.0 Å². The first-order valence-corrected chi connectivity index (χ1v) is 16.5. The summed E-state index contributed by atoms with van der Waals surface area (Å²) < 4.78 is 15.1. The van der Waals surface area contributed by atoms with E-state index in [1.807, 2.05) is 0 Å². The van der Waals surface area contributed by atoms with Crippen molar-refractivity contribution in [3.05, 3.63) is 83.6 Å². The van der Waals surface area contributed by atoms with E-state index in [1.165, 1.54) is 50.4 Å². The molecular weight excluding hydrogens is 612 g/mol. The number of hydrogen-bond donors (Lipinski definition) is 4. The highest BCUT2D eigenvalue weighted by molar-refractivity contribution is 5.85. The summed E-state index contributed by atoms with van der Waals surface area (Å²) in [4.78, 5) is 28.5. The Bertz CT molecular complexity index is 1900. The third kappa shape index (κ3) is 6.51. The molecule has 7 rings (SSSR count). The fraction of sp³-hybridized carbons (Fsp3) is 0.429. The molecule has 2 saturated heterocycles. The summed E-state index contributed by atoms with van der Waals surface area (Å²) in [7, 11) is 0. The molecule has 48 heavy (non-hydrogen) atoms. The summed E-state index contributed by atoms with van der Waals surface area (Å²) in [5.74, 6) is 0.0670. The zero-order chi connectivity index (χ0) is 33.2. The molecule has 252 valence electrons. The maximum absolute atomic E-state index is 12.9. The van der Waals surface area contributed by atoms with Gasteiger partial charge >= 0.3 is 0 Å². The molecular formula is C35H42N8O5. The van der Waals surface area contributed by atoms with Gasteiger partial charge in [0.1, 0.15) is 18.5 Å². The first-order chi connectivity index (χ1) is 23.4. The normalized spacial score (nSPS) is 21.7. The quantitative estimate of drug-likeness (QED) is 0.167. The smallest absolute Gasteiger partial charge is 0.252 e. The molecule has 4 N–H and O–H groups in total. The number of nitrogens with zero attached hydrogens (tertiary/aromatic N) is 6. The van der Waals surface area contributed by atoms with E-state index in [0.717, 1.165) is 26.1 Å². The molecule has 1 unspecified atom stereocenters. The standard InChI is InChI=1S/C35H42N8O5/c1-22-7-8-23(2)25(17-22)19-42-18-24(26-5-3-4-6-27(26)42)9-10-36-32-28-33(39-20-38-32)43(21-40-28)35-30(45)29(44)31(48-35)34(46)37-11-12-41-13-15-47-16-14-41/h3-8,17-18,20-21,29-31,35,44-45H,9-16,19H2,1-2H3,(H,37,46)(H,36,38,39)/t29-,30+,31-,35?/m0/s1. The van der Waals surface area contributed by atoms with Crippen molar-refractivity contribution in [1.29, 1.82) is 0 Å². The monoisotopic (exact) mass is 654 g/mol. The van der Waals surface area contributed by atoms with Crippen LogP contribution in [0.15, 0.2) is 61.3 Å². The molecule has 3 aromatic heterocycles. The minimum atomic E-state index is -1.41. The molecule has 0 spiro atoms. The number of rotatable bonds is 11. The van der Waals surface area contributed by atoms with Crippen LogP contribution >= 0.6 is 0 Å². The number of amides is 1. The number of benzene rings is 2. The van der Waals surface area contributed by atoms with Crippen LogP contribution in [0.3, 0.4) is 0 Å². The minimum absolute atomic E-state index is 0.398. The van der Waals surface area contributed by atoms with E-state index in [2.05, 4.69) is 97.6 Å². The van der Waals surface area contributed by atoms with Crippen LogP contribution in [-0.4, -0.2) is 109 Å². The van der Waals surface area contributed by atoms with Crippen molar-refractivity contribution in [3.63, 3.8) is 0 Å². The van der Waals surface area contributed by atoms with Gasteiger partial charge in [-0.05, 0) is 43.0 Å². The lowest BCUT2D eigenvalue weighted by Gasteiger charge is -2.26. The molecule has 5 heterocycles. The van der Waals surface area contributed by atoms with Crippen LogP contribution in [0.4, 0.5) is 5.82 Å². The SMILES string of the molecule is Cc1ccc(C)c(Cn2cc(CCNc3ncnc4c3ncn4C3O[C@H](C(=O)NCCN4CCOCC4)[C@@H](O)[C@H]3O)c3ccccc32)c1. The molecule has 0 aliphatic carbocycles. The zero-order valence-corrected chi connectivity index (χ0v) is 27.2. The highest BCUT2D eigenvalue weighted by Gasteiger charge is 2.47. The average molecular weight is 655 g/mol. The molecule has 4 atom stereocenters. The minimum Gasteiger partial charge on any atom is -0.387 e. The van der Waals surface area contributed by atoms with Crippen molar-refractivity contribution in [2.75, 3.05) is 51.3 Å². The third-order valence-corrected chi connectivity index (χ3v) is 9.36. The van der Waals surface area contributed by atoms with Crippen molar-refractivity contribution < 1.29 is 24.5 Å². The van der Waals surface area contributed by atoms with E-state index in [4.69, 9.17) is 9.47 Å². The molecule has 0 radical (unpaired) electrons. The lowest BCUT2D eigenvalue weighted by Crippen LogP contribution is -2.46. The molecule has 2 aromatic carbocycles. The van der Waals surface area contributed by atoms with E-state index in [1.54, 1.807) is 0 Å². The van der Waals surface area contributed by atoms with E-state index in [9.17, 15) is 15.0 Å². The number of aromatic nitrogens is 5. The highest BCUT2D eigenvalue weighted by atomic mass is 16.6. The van der Waals surface area contributed by atoms with E-state index < -0.39 is 30.4 Å². The molecule has 2 aliphatic heterocycles. The van der Waals surface area contributed by atoms with Crippen LogP contribution < -0.4 is 10.6 Å². The number of nitrogens with one attached hydrogen (secondary N) is 2. The van der Waals surface area contributed by atoms with Gasteiger partial charge in [0.2, 0.25) is 0 Å². The Morgan fingerprint density at radius 1 is 1.00 bits per heavy atom. The lowest BCUT2D eigenvalue weighted by molar-refractivity contribution is -0.137. The summed E-state index contributed by atoms with van der Waals surface area (Å²) >= 11 is 0. The number of carbonyl (C=O) groups is 1. The molecule has 0 bridgehead atoms. The number of para-hydroxylation sites is 1. The summed E-state index contributed by atoms with van der Waals surface area (Å²) in [6.45, 7) is 9.70. The number of carbonyl (C=O) groups excluding carboxylic acids is 1. The highest BCUT2D eigenvalue weighted by Crippen LogP contribution is 2.32. The van der Waals surface area contributed by atoms with Crippen LogP contribution in [0.5, 0.6) is 0 Å². The molecule has 13 heteroatoms. The number of hydrogen-bond acceptors (Lipinski definition) is 10. The molecule has 2 aliphatic rings. The van der Waals surface area contributed by atoms with Crippen LogP contribution in [-0.2, 0) is 27.2 Å². The second-order valence-electron chi connectivity index (χ2n) is 12.6. The van der Waals surface area contributed by atoms with Gasteiger partial charge in [-0.15, -0.1) is 0 Å². The Morgan fingerprint density at radius 3 is 2.69 bits per heavy atom. The van der Waals surface area contributed by atoms with Crippen molar-refractivity contribution >= 4 is 33.8 Å². The van der Waals surface area contributed by atoms with Gasteiger partial charge in [0.25, 0.3) is 5.91 Å². The van der Waals surface area contributed by atoms with Crippen molar-refractivity contribution in [2.45, 2.75) is 51.4 Å². The van der Waals surface area contributed by atoms with Crippen LogP contribution in [0.1, 0.15) is 28.5 Å². The summed E-state index contributed by atoms with van der Waals surface area (Å²) in [6, 6.07) is 15.0. The van der Waals surface area contributed by atoms with Gasteiger partial charge in [-0.25, -0.2) is 15.0 Å². The fourth-order valence-electron chi connectivity index (χ4n) is 6.66. The third-order valence-electron chi connectivity index (χ3n) is 9.36. The summed E-state index contributed by atoms with van der Waals surface area (Å²) in [6.07, 6.45) is 0.854. The first-order valence-electron chi connectivity index (χ1n) is 16.5. The number of aryl methyl sites for hydroxylation is 2. The molecule has 2 fully saturated rings. The van der Waals surface area contributed by atoms with Crippen LogP contribution in [0.2, 0.25) is 0 Å². The predicted molar refractivity (Wildman–Crippen MR) is 181 cm³/mol. The van der Waals surface area contributed by atoms with Crippen molar-refractivity contribution in [1.82, 2.24) is 34.3 Å². The van der Waals surface area contributed by atoms with Crippen LogP contribution in [0.25, 0.3) is 22.1 Å². The van der Waals surface area contributed by atoms with Gasteiger partial charge in [0.15, 0.2) is 29.3 Å². The topological polar surface area (TPSA) is 152 Å². The zero-order valence-electron chi connectivity index (χ0n) is 27.2. The van der Waals surface area contributed by atoms with Crippen molar-refractivity contribution in [2.24, 2.45) is 0 Å². The molecule has 0 saturated carbocycles. The Kier molecular flexibility index (Phi) is 9.37. The number of imidazole rings is 1. The van der Waals surface area contributed by atoms with Gasteiger partial charge in [0, 0.05) is 56.4 Å². The van der Waals surface area contributed by atoms with Gasteiger partial charge in [0.05, 0.1) is 19.5 Å². The maximum Gasteiger partial charge on any atom is 0.252 e. The molecule has 5 aromatic rings. The lowest BCUT2D eigenvalue weighted by atomic mass is 10.1. The van der Waals surface area contributed by atoms with Gasteiger partial charge in [-0.3, -0.25) is 14.3 Å². The predicted octanol–water partition coefficient (Wildman–Crippen LogP) is 2.17. The maximum atomic E-state index is 12.9. The number of morpholine rings is 1. The molecule has 1 amide bonds. The first kappa shape index (κ1) is 32.2. The van der Waals surface area contributed by atoms with E-state index in [-0.39, 0.29) is 0 Å². The summed E-state index contributed by atoms with van der Waals surface area (Å²) in [5.41, 5.74) is 7.17. The fourth-order valence-corrected chi connectivity index (χ4v) is 6.66. The van der Waals surface area contributed by atoms with Gasteiger partial charge < -0.3 is 34.9 Å². The van der Waals surface area contributed by atoms with E-state index in [0.29, 0.717) is 49.8 Å². The Balaban J connectivity index is 1.01. The average Bonchev–Trinajstić information content (AvgIpc) is 3.77. The number of aliphatic hydroxyl groups is 2. The molecule has 13 nitrogen and oxygen atoms in total. The van der Waals surface area contributed by atoms with Crippen molar-refractivity contribution in [3.8, 4) is 0 Å². The number of ether oxygens (including phenoxy) is 2. The Hall–Kier alpha value is -4.40.